The molecule has 0 fully saturated rings. The molecule has 0 aliphatic rings. The second-order valence-electron chi connectivity index (χ2n) is 12.2. The molecule has 0 aliphatic carbocycles. The molecule has 37 heavy (non-hydrogen) atoms. The van der Waals surface area contributed by atoms with Gasteiger partial charge in [0.15, 0.2) is 0 Å². The fourth-order valence-electron chi connectivity index (χ4n) is 4.26. The van der Waals surface area contributed by atoms with Crippen molar-refractivity contribution in [1.82, 2.24) is 0 Å². The molecule has 5 aromatic carbocycles. The molecule has 0 bridgehead atoms. The second-order valence-corrected chi connectivity index (χ2v) is 35.1. The van der Waals surface area contributed by atoms with Crippen LogP contribution >= 0.6 is 17.0 Å². The predicted octanol–water partition coefficient (Wildman–Crippen LogP) is 11.3. The van der Waals surface area contributed by atoms with Crippen LogP contribution in [0.1, 0.15) is 58.2 Å². The fraction of sp³-hybridized carbons (Fsp3) is 0.333. The van der Waals surface area contributed by atoms with E-state index in [0.717, 1.165) is 0 Å². The molecule has 0 amide bonds. The molecule has 0 saturated carbocycles. The maximum Gasteiger partial charge on any atom is -0.0579 e. The first-order valence-corrected chi connectivity index (χ1v) is 25.4. The molecule has 5 rings (SSSR count). The van der Waals surface area contributed by atoms with Crippen LogP contribution in [0.3, 0.4) is 0 Å². The first-order chi connectivity index (χ1) is 17.2. The summed E-state index contributed by atoms with van der Waals surface area (Å²) in [6, 6.07) is 29.0. The normalized spacial score (nSPS) is 11.6. The number of fused-ring (bicyclic) bond motifs is 4. The Balaban J connectivity index is 0.000000196. The molecule has 5 aromatic rings. The molecular weight excluding hydrogens is 587 g/mol. The molecule has 0 spiro atoms. The summed E-state index contributed by atoms with van der Waals surface area (Å²) in [5, 5.41) is 8.17. The molecule has 0 unspecified atom stereocenters. The van der Waals surface area contributed by atoms with Gasteiger partial charge in [0.25, 0.3) is 0 Å². The van der Waals surface area contributed by atoms with Crippen molar-refractivity contribution in [1.29, 1.82) is 0 Å². The van der Waals surface area contributed by atoms with Gasteiger partial charge in [-0.25, -0.2) is 0 Å². The molecule has 0 nitrogen and oxygen atoms in total. The minimum absolute atomic E-state index is 0.203. The van der Waals surface area contributed by atoms with Gasteiger partial charge in [0.05, 0.1) is 0 Å². The van der Waals surface area contributed by atoms with E-state index in [4.69, 9.17) is 17.0 Å². The van der Waals surface area contributed by atoms with Gasteiger partial charge in [-0.1, -0.05) is 89.9 Å². The van der Waals surface area contributed by atoms with Crippen LogP contribution in [0.2, 0.25) is 13.1 Å². The topological polar surface area (TPSA) is 0 Å². The van der Waals surface area contributed by atoms with Gasteiger partial charge >= 0.3 is 53.5 Å². The Morgan fingerprint density at radius 1 is 0.649 bits per heavy atom. The van der Waals surface area contributed by atoms with E-state index in [1.54, 1.807) is 0 Å². The summed E-state index contributed by atoms with van der Waals surface area (Å²) in [6.45, 7) is 20.1. The maximum absolute atomic E-state index is 5.62. The minimum Gasteiger partial charge on any atom is -0.165 e. The summed E-state index contributed by atoms with van der Waals surface area (Å²) in [7, 11) is 11.2. The zero-order valence-corrected chi connectivity index (χ0v) is 28.7. The van der Waals surface area contributed by atoms with Crippen molar-refractivity contribution in [2.75, 3.05) is 0 Å². The Labute approximate surface area is 239 Å². The third-order valence-corrected chi connectivity index (χ3v) is 26.3. The molecule has 196 valence electrons. The third kappa shape index (κ3) is 8.15. The van der Waals surface area contributed by atoms with E-state index in [1.807, 2.05) is 0 Å². The van der Waals surface area contributed by atoms with Crippen molar-refractivity contribution in [2.45, 2.75) is 72.4 Å². The number of hydrogen-bond donors (Lipinski definition) is 0. The number of rotatable bonds is 0. The Bertz CT molecular complexity index is 1420. The Morgan fingerprint density at radius 2 is 1.11 bits per heavy atom. The van der Waals surface area contributed by atoms with E-state index in [9.17, 15) is 0 Å². The van der Waals surface area contributed by atoms with Crippen LogP contribution in [0.5, 0.6) is 0 Å². The largest absolute Gasteiger partial charge is 0.165 e. The van der Waals surface area contributed by atoms with Crippen molar-refractivity contribution < 1.29 is 18.0 Å². The quantitative estimate of drug-likeness (QED) is 0.118. The summed E-state index contributed by atoms with van der Waals surface area (Å²) < 4.78 is 0. The van der Waals surface area contributed by atoms with E-state index in [0.29, 0.717) is 0 Å². The average Bonchev–Trinajstić information content (AvgIpc) is 3.36. The first kappa shape index (κ1) is 30.4. The molecule has 0 aromatic heterocycles. The molecule has 0 heterocycles. The van der Waals surface area contributed by atoms with Gasteiger partial charge in [-0.05, 0) is 10.8 Å². The van der Waals surface area contributed by atoms with Crippen LogP contribution in [0.15, 0.2) is 78.9 Å². The van der Waals surface area contributed by atoms with Crippen molar-refractivity contribution in [2.24, 2.45) is 0 Å². The summed E-state index contributed by atoms with van der Waals surface area (Å²) in [6.07, 6.45) is 0. The number of halogens is 2. The van der Waals surface area contributed by atoms with Gasteiger partial charge in [-0.15, -0.1) is 80.3 Å². The van der Waals surface area contributed by atoms with Crippen LogP contribution < -0.4 is 0 Å². The van der Waals surface area contributed by atoms with E-state index >= 15 is 0 Å². The van der Waals surface area contributed by atoms with Crippen molar-refractivity contribution in [3.63, 3.8) is 0 Å². The molecule has 4 heteroatoms. The third-order valence-electron chi connectivity index (χ3n) is 6.58. The van der Waals surface area contributed by atoms with E-state index < -0.39 is 18.0 Å². The Kier molecular flexibility index (Phi) is 10.1. The molecule has 0 radical (unpaired) electrons. The van der Waals surface area contributed by atoms with Crippen LogP contribution in [-0.2, 0) is 28.8 Å². The summed E-state index contributed by atoms with van der Waals surface area (Å²) in [4.78, 5) is 0. The van der Waals surface area contributed by atoms with Gasteiger partial charge in [0.1, 0.15) is 0 Å². The van der Waals surface area contributed by atoms with Crippen LogP contribution in [0.25, 0.3) is 32.3 Å². The fourth-order valence-corrected chi connectivity index (χ4v) is 4.26. The number of benzene rings is 3. The zero-order chi connectivity index (χ0) is 27.5. The van der Waals surface area contributed by atoms with Gasteiger partial charge in [-0.3, -0.25) is 0 Å². The van der Waals surface area contributed by atoms with Crippen LogP contribution in [0.4, 0.5) is 0 Å². The molecule has 0 atom stereocenters. The minimum atomic E-state index is -1.65. The first-order valence-electron chi connectivity index (χ1n) is 12.9. The Hall–Kier alpha value is -1.18. The molecule has 0 aliphatic heterocycles. The van der Waals surface area contributed by atoms with Gasteiger partial charge in [-0.2, -0.15) is 6.07 Å². The maximum atomic E-state index is 5.62. The summed E-state index contributed by atoms with van der Waals surface area (Å²) in [5.41, 5.74) is 4.34. The van der Waals surface area contributed by atoms with Crippen molar-refractivity contribution >= 4 is 54.8 Å². The second kappa shape index (κ2) is 12.3. The Morgan fingerprint density at radius 3 is 1.51 bits per heavy atom. The molecular formula is C33H40Cl2SiZr-2. The van der Waals surface area contributed by atoms with Crippen molar-refractivity contribution in [3.05, 3.63) is 95.6 Å². The summed E-state index contributed by atoms with van der Waals surface area (Å²) >= 11 is -1.65. The summed E-state index contributed by atoms with van der Waals surface area (Å²) in [5.74, 6) is 0. The molecule has 0 saturated heterocycles. The van der Waals surface area contributed by atoms with E-state index in [1.165, 1.54) is 49.0 Å². The standard InChI is InChI=1S/C21H25.C10H9.C2H6Si.2ClH.Zr/c1-20(2,3)16-7-9-18-14(12-16)11-15-13-17(21(4,5)6)8-10-19(15)18;1-8-6-9-4-2-3-5-10(9)7-8;1-3-2;;;/h7-13H,1-6H3;2-7H,1H3;1-2H3;2*1H;/q2*-1;;;;+2/p-2. The van der Waals surface area contributed by atoms with Gasteiger partial charge in [0, 0.05) is 0 Å². The predicted molar refractivity (Wildman–Crippen MR) is 168 cm³/mol. The van der Waals surface area contributed by atoms with E-state index in [2.05, 4.69) is 140 Å². The number of hydrogen-bond acceptors (Lipinski definition) is 0. The zero-order valence-electron chi connectivity index (χ0n) is 23.8. The number of aryl methyl sites for hydroxylation is 1. The van der Waals surface area contributed by atoms with Crippen molar-refractivity contribution in [3.8, 4) is 0 Å². The van der Waals surface area contributed by atoms with Crippen LogP contribution in [0, 0.1) is 6.92 Å². The monoisotopic (exact) mass is 624 g/mol. The van der Waals surface area contributed by atoms with Gasteiger partial charge < -0.3 is 0 Å². The van der Waals surface area contributed by atoms with Crippen LogP contribution in [-0.4, -0.2) is 5.43 Å². The smallest absolute Gasteiger partial charge is 0.0579 e. The van der Waals surface area contributed by atoms with Gasteiger partial charge in [0.2, 0.25) is 0 Å². The van der Waals surface area contributed by atoms with E-state index in [-0.39, 0.29) is 16.3 Å². The molecule has 0 N–H and O–H groups in total. The SMILES string of the molecule is CC(C)(C)c1ccc2c(c1)[cH-]c1cc(C(C)(C)C)ccc12.C[Si](C)=[Zr]([Cl])[Cl].Cc1cc2ccccc2[cH-]1. The average molecular weight is 627 g/mol.